The van der Waals surface area contributed by atoms with E-state index in [1.165, 1.54) is 28.8 Å². The van der Waals surface area contributed by atoms with Gasteiger partial charge in [0.05, 0.1) is 28.4 Å². The van der Waals surface area contributed by atoms with E-state index in [4.69, 9.17) is 9.72 Å². The number of pyridine rings is 2. The number of anilines is 1. The number of amides is 1. The van der Waals surface area contributed by atoms with Crippen LogP contribution >= 0.6 is 0 Å². The van der Waals surface area contributed by atoms with Crippen LogP contribution in [0.25, 0.3) is 28.0 Å². The molecule has 6 rings (SSSR count). The fraction of sp³-hybridized carbons (Fsp3) is 0.382. The van der Waals surface area contributed by atoms with E-state index in [1.807, 2.05) is 45.6 Å². The van der Waals surface area contributed by atoms with E-state index in [0.717, 1.165) is 5.56 Å². The minimum atomic E-state index is -0.785. The van der Waals surface area contributed by atoms with E-state index in [0.29, 0.717) is 37.3 Å². The predicted octanol–water partition coefficient (Wildman–Crippen LogP) is 5.57. The molecule has 2 aliphatic rings. The highest BCUT2D eigenvalue weighted by atomic mass is 19.1. The van der Waals surface area contributed by atoms with Crippen LogP contribution in [0.1, 0.15) is 58.2 Å². The van der Waals surface area contributed by atoms with Crippen LogP contribution in [0, 0.1) is 11.6 Å². The number of hydrogen-bond acceptors (Lipinski definition) is 7. The summed E-state index contributed by atoms with van der Waals surface area (Å²) in [5.41, 5.74) is 1.17. The van der Waals surface area contributed by atoms with Gasteiger partial charge in [0.15, 0.2) is 11.5 Å². The summed E-state index contributed by atoms with van der Waals surface area (Å²) in [5.74, 6) is -1.33. The van der Waals surface area contributed by atoms with E-state index in [2.05, 4.69) is 16.5 Å². The third-order valence-electron chi connectivity index (χ3n) is 8.68. The average Bonchev–Trinajstić information content (AvgIpc) is 3.00. The number of aromatic nitrogens is 4. The van der Waals surface area contributed by atoms with Crippen LogP contribution in [0.3, 0.4) is 0 Å². The molecule has 9 nitrogen and oxygen atoms in total. The van der Waals surface area contributed by atoms with Gasteiger partial charge in [0.2, 0.25) is 5.91 Å². The van der Waals surface area contributed by atoms with Gasteiger partial charge < -0.3 is 14.5 Å². The van der Waals surface area contributed by atoms with Gasteiger partial charge in [-0.25, -0.2) is 23.1 Å². The Hall–Kier alpha value is -4.67. The Balaban J connectivity index is 1.70. The Morgan fingerprint density at radius 1 is 1.09 bits per heavy atom. The molecule has 3 aromatic heterocycles. The van der Waals surface area contributed by atoms with Crippen molar-refractivity contribution in [2.75, 3.05) is 18.0 Å². The number of nitrogens with zero attached hydrogens (tertiary/aromatic N) is 6. The number of aryl methyl sites for hydroxylation is 1. The maximum absolute atomic E-state index is 16.3. The largest absolute Gasteiger partial charge is 0.490 e. The molecule has 5 heterocycles. The number of fused-ring (bicyclic) bond motifs is 5. The molecule has 2 bridgehead atoms. The molecule has 45 heavy (non-hydrogen) atoms. The summed E-state index contributed by atoms with van der Waals surface area (Å²) < 4.78 is 39.4. The summed E-state index contributed by atoms with van der Waals surface area (Å²) in [6.45, 7) is 14.0. The quantitative estimate of drug-likeness (QED) is 0.279. The highest BCUT2D eigenvalue weighted by Crippen LogP contribution is 2.39. The van der Waals surface area contributed by atoms with Gasteiger partial charge in [0, 0.05) is 31.4 Å². The van der Waals surface area contributed by atoms with Crippen molar-refractivity contribution in [1.29, 1.82) is 0 Å². The molecule has 1 fully saturated rings. The lowest BCUT2D eigenvalue weighted by molar-refractivity contribution is -0.128. The summed E-state index contributed by atoms with van der Waals surface area (Å²) in [6, 6.07) is 6.97. The van der Waals surface area contributed by atoms with Gasteiger partial charge in [-0.1, -0.05) is 26.5 Å². The second-order valence-corrected chi connectivity index (χ2v) is 12.2. The minimum absolute atomic E-state index is 0.0717. The highest BCUT2D eigenvalue weighted by Gasteiger charge is 2.34. The third kappa shape index (κ3) is 5.23. The van der Waals surface area contributed by atoms with Crippen LogP contribution in [0.2, 0.25) is 0 Å². The first kappa shape index (κ1) is 30.4. The van der Waals surface area contributed by atoms with Gasteiger partial charge in [0.1, 0.15) is 23.1 Å². The first-order chi connectivity index (χ1) is 21.5. The van der Waals surface area contributed by atoms with Crippen LogP contribution < -0.4 is 15.3 Å². The zero-order valence-electron chi connectivity index (χ0n) is 26.1. The number of hydrogen-bond donors (Lipinski definition) is 0. The van der Waals surface area contributed by atoms with E-state index < -0.39 is 17.3 Å². The molecule has 0 aliphatic carbocycles. The lowest BCUT2D eigenvalue weighted by Crippen LogP contribution is -2.58. The van der Waals surface area contributed by atoms with Crippen LogP contribution in [0.5, 0.6) is 5.75 Å². The molecular formula is C34H36F2N6O3. The highest BCUT2D eigenvalue weighted by molar-refractivity contribution is 5.91. The van der Waals surface area contributed by atoms with Crippen LogP contribution in [0.15, 0.2) is 54.0 Å². The molecule has 2 aliphatic heterocycles. The Bertz CT molecular complexity index is 1890. The Kier molecular flexibility index (Phi) is 7.88. The second kappa shape index (κ2) is 11.7. The number of carbonyl (C=O) groups is 1. The first-order valence-electron chi connectivity index (χ1n) is 15.3. The molecule has 0 spiro atoms. The van der Waals surface area contributed by atoms with Crippen LogP contribution in [0.4, 0.5) is 14.6 Å². The Morgan fingerprint density at radius 3 is 2.60 bits per heavy atom. The minimum Gasteiger partial charge on any atom is -0.490 e. The lowest BCUT2D eigenvalue weighted by Gasteiger charge is -2.44. The second-order valence-electron chi connectivity index (χ2n) is 12.2. The van der Waals surface area contributed by atoms with Crippen molar-refractivity contribution in [1.82, 2.24) is 24.4 Å². The van der Waals surface area contributed by atoms with E-state index >= 15 is 8.78 Å². The molecule has 1 saturated heterocycles. The van der Waals surface area contributed by atoms with Gasteiger partial charge in [-0.15, -0.1) is 0 Å². The Morgan fingerprint density at radius 2 is 1.87 bits per heavy atom. The number of piperazine rings is 1. The first-order valence-corrected chi connectivity index (χ1v) is 15.3. The normalized spacial score (nSPS) is 19.9. The molecule has 4 aromatic rings. The van der Waals surface area contributed by atoms with Gasteiger partial charge in [0.25, 0.3) is 0 Å². The topological polar surface area (TPSA) is 93.5 Å². The van der Waals surface area contributed by atoms with Crippen LogP contribution in [-0.2, 0) is 11.2 Å². The SMILES string of the molecule is C=CC(=O)N1C[C@H](C)N(c2nc(=O)n3c4nc(c(F)cc24)-c2c(F)cccc2OC(C)CCc2ccnc(C(C)C)c2-3)C[C@H]1C. The van der Waals surface area contributed by atoms with Crippen molar-refractivity contribution in [2.45, 2.75) is 71.6 Å². The van der Waals surface area contributed by atoms with Crippen molar-refractivity contribution in [3.63, 3.8) is 0 Å². The molecule has 1 unspecified atom stereocenters. The van der Waals surface area contributed by atoms with Crippen molar-refractivity contribution in [3.8, 4) is 22.7 Å². The summed E-state index contributed by atoms with van der Waals surface area (Å²) in [5, 5.41) is 0.284. The zero-order valence-corrected chi connectivity index (χ0v) is 26.1. The Labute approximate surface area is 260 Å². The molecule has 1 aromatic carbocycles. The summed E-state index contributed by atoms with van der Waals surface area (Å²) in [6.07, 6.45) is 3.72. The molecule has 0 radical (unpaired) electrons. The fourth-order valence-electron chi connectivity index (χ4n) is 6.41. The maximum Gasteiger partial charge on any atom is 0.355 e. The molecular weight excluding hydrogens is 578 g/mol. The van der Waals surface area contributed by atoms with Gasteiger partial charge in [-0.05, 0) is 75.4 Å². The van der Waals surface area contributed by atoms with E-state index in [-0.39, 0.29) is 63.9 Å². The number of halogens is 2. The summed E-state index contributed by atoms with van der Waals surface area (Å²) in [4.78, 5) is 44.3. The monoisotopic (exact) mass is 614 g/mol. The third-order valence-corrected chi connectivity index (χ3v) is 8.68. The molecule has 11 heteroatoms. The number of ether oxygens (including phenoxy) is 1. The number of rotatable bonds is 3. The van der Waals surface area contributed by atoms with Gasteiger partial charge in [-0.3, -0.25) is 9.78 Å². The molecule has 1 amide bonds. The number of benzene rings is 1. The molecule has 3 atom stereocenters. The number of carbonyl (C=O) groups excluding carboxylic acids is 1. The van der Waals surface area contributed by atoms with E-state index in [1.54, 1.807) is 17.2 Å². The average molecular weight is 615 g/mol. The van der Waals surface area contributed by atoms with Crippen molar-refractivity contribution < 1.29 is 18.3 Å². The van der Waals surface area contributed by atoms with Gasteiger partial charge in [-0.2, -0.15) is 4.98 Å². The predicted molar refractivity (Wildman–Crippen MR) is 169 cm³/mol. The zero-order chi connectivity index (χ0) is 32.2. The standard InChI is InChI=1S/C34H36F2N6O3/c1-7-27(43)40-16-20(5)41(17-19(40)4)32-23-15-25(36)30-28-24(35)9-8-10-26(28)45-21(6)11-12-22-13-14-37-29(18(2)3)31(22)42(33(23)38-30)34(44)39-32/h7-10,13-15,18-21H,1,11-12,16-17H2,2-6H3/t19-,20+,21?/m1/s1. The van der Waals surface area contributed by atoms with E-state index in [9.17, 15) is 9.59 Å². The molecule has 0 saturated carbocycles. The fourth-order valence-corrected chi connectivity index (χ4v) is 6.41. The van der Waals surface area contributed by atoms with Crippen molar-refractivity contribution in [2.24, 2.45) is 0 Å². The van der Waals surface area contributed by atoms with Crippen molar-refractivity contribution in [3.05, 3.63) is 82.6 Å². The summed E-state index contributed by atoms with van der Waals surface area (Å²) >= 11 is 0. The molecule has 0 N–H and O–H groups in total. The van der Waals surface area contributed by atoms with Crippen molar-refractivity contribution >= 4 is 22.8 Å². The summed E-state index contributed by atoms with van der Waals surface area (Å²) in [7, 11) is 0. The van der Waals surface area contributed by atoms with Crippen LogP contribution in [-0.4, -0.2) is 61.6 Å². The molecule has 234 valence electrons. The van der Waals surface area contributed by atoms with Gasteiger partial charge >= 0.3 is 5.69 Å². The smallest absolute Gasteiger partial charge is 0.355 e. The maximum atomic E-state index is 16.3. The lowest BCUT2D eigenvalue weighted by atomic mass is 9.99.